The van der Waals surface area contributed by atoms with Crippen LogP contribution in [-0.4, -0.2) is 46.5 Å². The minimum atomic E-state index is -1.06. The Balaban J connectivity index is 1.77. The maximum absolute atomic E-state index is 14.1. The van der Waals surface area contributed by atoms with Crippen LogP contribution in [0.4, 0.5) is 13.2 Å². The van der Waals surface area contributed by atoms with E-state index in [1.165, 1.54) is 18.3 Å². The SMILES string of the molecule is NC(=O)c1cc(-c2cccnc2C(Cc2cc(F)cc(F)c2)NC(=O)C2CC(=O)CN2C=O)ccc1F. The summed E-state index contributed by atoms with van der Waals surface area (Å²) in [5, 5.41) is 2.74. The first-order valence-electron chi connectivity index (χ1n) is 11.2. The summed E-state index contributed by atoms with van der Waals surface area (Å²) in [4.78, 5) is 53.5. The second-order valence-electron chi connectivity index (χ2n) is 8.57. The molecule has 0 saturated carbocycles. The van der Waals surface area contributed by atoms with Gasteiger partial charge in [0.25, 0.3) is 5.91 Å². The van der Waals surface area contributed by atoms with Gasteiger partial charge in [0.05, 0.1) is 23.8 Å². The highest BCUT2D eigenvalue weighted by Gasteiger charge is 2.36. The lowest BCUT2D eigenvalue weighted by molar-refractivity contribution is -0.131. The van der Waals surface area contributed by atoms with Crippen LogP contribution in [0.2, 0.25) is 0 Å². The molecular weight excluding hydrogens is 489 g/mol. The van der Waals surface area contributed by atoms with Gasteiger partial charge < -0.3 is 16.0 Å². The molecule has 190 valence electrons. The monoisotopic (exact) mass is 510 g/mol. The predicted molar refractivity (Wildman–Crippen MR) is 125 cm³/mol. The number of amides is 3. The predicted octanol–water partition coefficient (Wildman–Crippen LogP) is 2.46. The molecule has 1 saturated heterocycles. The summed E-state index contributed by atoms with van der Waals surface area (Å²) in [5.74, 6) is -4.39. The summed E-state index contributed by atoms with van der Waals surface area (Å²) >= 11 is 0. The summed E-state index contributed by atoms with van der Waals surface area (Å²) in [6, 6.07) is 7.75. The molecule has 37 heavy (non-hydrogen) atoms. The standard InChI is InChI=1S/C26H21F3N4O4/c27-16-6-14(7-17(28)10-16)8-22(32-26(37)23-11-18(35)12-33(23)13-34)24-19(2-1-5-31-24)15-3-4-21(29)20(9-15)25(30)36/h1-7,9-10,13,22-23H,8,11-12H2,(H2,30,36)(H,32,37). The van der Waals surface area contributed by atoms with Crippen molar-refractivity contribution in [3.63, 3.8) is 0 Å². The second-order valence-corrected chi connectivity index (χ2v) is 8.57. The van der Waals surface area contributed by atoms with Crippen LogP contribution in [0.15, 0.2) is 54.7 Å². The molecule has 0 bridgehead atoms. The fourth-order valence-corrected chi connectivity index (χ4v) is 4.33. The van der Waals surface area contributed by atoms with Gasteiger partial charge >= 0.3 is 0 Å². The van der Waals surface area contributed by atoms with Crippen molar-refractivity contribution in [2.75, 3.05) is 6.54 Å². The van der Waals surface area contributed by atoms with Gasteiger partial charge in [-0.2, -0.15) is 0 Å². The van der Waals surface area contributed by atoms with Crippen LogP contribution >= 0.6 is 0 Å². The molecule has 3 aromatic rings. The van der Waals surface area contributed by atoms with Crippen molar-refractivity contribution in [2.45, 2.75) is 24.9 Å². The van der Waals surface area contributed by atoms with E-state index >= 15 is 0 Å². The highest BCUT2D eigenvalue weighted by atomic mass is 19.1. The van der Waals surface area contributed by atoms with E-state index in [1.807, 2.05) is 0 Å². The van der Waals surface area contributed by atoms with E-state index < -0.39 is 41.3 Å². The van der Waals surface area contributed by atoms with Crippen molar-refractivity contribution in [3.8, 4) is 11.1 Å². The van der Waals surface area contributed by atoms with E-state index in [0.29, 0.717) is 23.6 Å². The van der Waals surface area contributed by atoms with Crippen LogP contribution in [-0.2, 0) is 20.8 Å². The van der Waals surface area contributed by atoms with Crippen LogP contribution in [0.3, 0.4) is 0 Å². The molecule has 1 aromatic heterocycles. The first-order valence-corrected chi connectivity index (χ1v) is 11.2. The molecule has 2 aromatic carbocycles. The van der Waals surface area contributed by atoms with E-state index in [0.717, 1.165) is 23.1 Å². The first-order chi connectivity index (χ1) is 17.7. The summed E-state index contributed by atoms with van der Waals surface area (Å²) < 4.78 is 42.0. The maximum atomic E-state index is 14.1. The van der Waals surface area contributed by atoms with Crippen LogP contribution in [0.5, 0.6) is 0 Å². The average molecular weight is 510 g/mol. The Morgan fingerprint density at radius 3 is 2.54 bits per heavy atom. The van der Waals surface area contributed by atoms with Crippen molar-refractivity contribution >= 4 is 24.0 Å². The third-order valence-electron chi connectivity index (χ3n) is 6.01. The summed E-state index contributed by atoms with van der Waals surface area (Å²) in [5.41, 5.74) is 6.11. The number of aromatic nitrogens is 1. The molecule has 3 N–H and O–H groups in total. The fourth-order valence-electron chi connectivity index (χ4n) is 4.33. The largest absolute Gasteiger partial charge is 0.366 e. The van der Waals surface area contributed by atoms with E-state index in [4.69, 9.17) is 5.73 Å². The number of halogens is 3. The lowest BCUT2D eigenvalue weighted by Gasteiger charge is -2.25. The Morgan fingerprint density at radius 2 is 1.86 bits per heavy atom. The third kappa shape index (κ3) is 5.66. The number of rotatable bonds is 8. The van der Waals surface area contributed by atoms with Gasteiger partial charge in [0.15, 0.2) is 5.78 Å². The molecule has 0 aliphatic carbocycles. The van der Waals surface area contributed by atoms with E-state index in [-0.39, 0.29) is 42.0 Å². The molecule has 2 atom stereocenters. The van der Waals surface area contributed by atoms with Crippen LogP contribution in [0.1, 0.15) is 34.1 Å². The zero-order valence-electron chi connectivity index (χ0n) is 19.3. The number of nitrogens with one attached hydrogen (secondary N) is 1. The van der Waals surface area contributed by atoms with Crippen molar-refractivity contribution in [2.24, 2.45) is 5.73 Å². The number of nitrogens with two attached hydrogens (primary N) is 1. The third-order valence-corrected chi connectivity index (χ3v) is 6.01. The van der Waals surface area contributed by atoms with Gasteiger partial charge in [-0.3, -0.25) is 24.2 Å². The number of benzene rings is 2. The Kier molecular flexibility index (Phi) is 7.32. The molecule has 1 aliphatic heterocycles. The Bertz CT molecular complexity index is 1380. The van der Waals surface area contributed by atoms with Gasteiger partial charge in [-0.25, -0.2) is 13.2 Å². The van der Waals surface area contributed by atoms with Crippen molar-refractivity contribution in [3.05, 3.63) is 89.0 Å². The number of likely N-dealkylation sites (tertiary alicyclic amines) is 1. The van der Waals surface area contributed by atoms with Crippen LogP contribution < -0.4 is 11.1 Å². The topological polar surface area (TPSA) is 122 Å². The number of Topliss-reactive ketones (excluding diaryl/α,β-unsaturated/α-hetero) is 1. The van der Waals surface area contributed by atoms with Gasteiger partial charge in [-0.05, 0) is 47.9 Å². The maximum Gasteiger partial charge on any atom is 0.251 e. The smallest absolute Gasteiger partial charge is 0.251 e. The second kappa shape index (κ2) is 10.6. The van der Waals surface area contributed by atoms with Crippen LogP contribution in [0.25, 0.3) is 11.1 Å². The number of carbonyl (C=O) groups is 4. The fraction of sp³-hybridized carbons (Fsp3) is 0.192. The number of pyridine rings is 1. The summed E-state index contributed by atoms with van der Waals surface area (Å²) in [6.07, 6.45) is 1.54. The van der Waals surface area contributed by atoms with Crippen molar-refractivity contribution in [1.29, 1.82) is 0 Å². The zero-order valence-corrected chi connectivity index (χ0v) is 19.3. The van der Waals surface area contributed by atoms with E-state index in [1.54, 1.807) is 12.1 Å². The van der Waals surface area contributed by atoms with Gasteiger partial charge in [0.2, 0.25) is 12.3 Å². The zero-order chi connectivity index (χ0) is 26.7. The number of ketones is 1. The summed E-state index contributed by atoms with van der Waals surface area (Å²) in [7, 11) is 0. The molecule has 2 heterocycles. The quantitative estimate of drug-likeness (QED) is 0.451. The number of primary amides is 1. The minimum absolute atomic E-state index is 0.115. The Labute approximate surface area is 209 Å². The highest BCUT2D eigenvalue weighted by molar-refractivity contribution is 5.96. The Hall–Kier alpha value is -4.54. The number of hydrogen-bond acceptors (Lipinski definition) is 5. The number of hydrogen-bond donors (Lipinski definition) is 2. The molecule has 1 fully saturated rings. The van der Waals surface area contributed by atoms with Gasteiger partial charge in [0, 0.05) is 24.2 Å². The minimum Gasteiger partial charge on any atom is -0.366 e. The molecule has 3 amide bonds. The van der Waals surface area contributed by atoms with Gasteiger partial charge in [-0.1, -0.05) is 12.1 Å². The first kappa shape index (κ1) is 25.5. The molecule has 0 spiro atoms. The normalized spacial score (nSPS) is 15.9. The highest BCUT2D eigenvalue weighted by Crippen LogP contribution is 2.30. The average Bonchev–Trinajstić information content (AvgIpc) is 3.24. The molecule has 11 heteroatoms. The molecule has 0 radical (unpaired) electrons. The lowest BCUT2D eigenvalue weighted by atomic mass is 9.94. The molecule has 8 nitrogen and oxygen atoms in total. The summed E-state index contributed by atoms with van der Waals surface area (Å²) in [6.45, 7) is -0.207. The van der Waals surface area contributed by atoms with Crippen molar-refractivity contribution in [1.82, 2.24) is 15.2 Å². The van der Waals surface area contributed by atoms with Gasteiger partial charge in [0.1, 0.15) is 23.5 Å². The van der Waals surface area contributed by atoms with Gasteiger partial charge in [-0.15, -0.1) is 0 Å². The Morgan fingerprint density at radius 1 is 1.14 bits per heavy atom. The molecule has 1 aliphatic rings. The lowest BCUT2D eigenvalue weighted by Crippen LogP contribution is -2.44. The van der Waals surface area contributed by atoms with Crippen LogP contribution in [0, 0.1) is 17.5 Å². The molecule has 2 unspecified atom stereocenters. The molecular formula is C26H21F3N4O4. The van der Waals surface area contributed by atoms with Crippen molar-refractivity contribution < 1.29 is 32.3 Å². The van der Waals surface area contributed by atoms with E-state index in [2.05, 4.69) is 10.3 Å². The van der Waals surface area contributed by atoms with E-state index in [9.17, 15) is 32.3 Å². The number of nitrogens with zero attached hydrogens (tertiary/aromatic N) is 2. The number of carbonyl (C=O) groups excluding carboxylic acids is 4. The molecule has 4 rings (SSSR count).